The van der Waals surface area contributed by atoms with Crippen molar-refractivity contribution in [1.29, 1.82) is 0 Å². The van der Waals surface area contributed by atoms with Crippen LogP contribution in [-0.4, -0.2) is 17.7 Å². The van der Waals surface area contributed by atoms with Gasteiger partial charge < -0.3 is 9.88 Å². The highest BCUT2D eigenvalue weighted by Gasteiger charge is 1.99. The summed E-state index contributed by atoms with van der Waals surface area (Å²) in [6.07, 6.45) is 4.00. The van der Waals surface area contributed by atoms with E-state index in [4.69, 9.17) is 0 Å². The van der Waals surface area contributed by atoms with E-state index >= 15 is 0 Å². The minimum atomic E-state index is 0.104. The molecule has 1 atom stereocenters. The third-order valence-electron chi connectivity index (χ3n) is 2.68. The lowest BCUT2D eigenvalue weighted by molar-refractivity contribution is 0.502. The molecule has 0 spiro atoms. The highest BCUT2D eigenvalue weighted by atomic mass is 16.1. The molecule has 84 valence electrons. The van der Waals surface area contributed by atoms with Crippen LogP contribution in [0, 0.1) is 6.92 Å². The van der Waals surface area contributed by atoms with Gasteiger partial charge in [-0.25, -0.2) is 0 Å². The molecule has 1 unspecified atom stereocenters. The van der Waals surface area contributed by atoms with Crippen molar-refractivity contribution in [2.75, 3.05) is 7.05 Å². The Kier molecular flexibility index (Phi) is 4.56. The average Bonchev–Trinajstić information content (AvgIpc) is 2.21. The highest BCUT2D eigenvalue weighted by molar-refractivity contribution is 5.07. The van der Waals surface area contributed by atoms with E-state index in [1.165, 1.54) is 0 Å². The standard InChI is InChI=1S/C12H20N2O/c1-10-6-8-14(12(15)9-10)7-4-5-11(2)13-3/h6,8-9,11,13H,4-5,7H2,1-3H3. The molecular weight excluding hydrogens is 188 g/mol. The van der Waals surface area contributed by atoms with E-state index in [9.17, 15) is 4.79 Å². The number of aryl methyl sites for hydroxylation is 2. The van der Waals surface area contributed by atoms with Crippen LogP contribution in [0.3, 0.4) is 0 Å². The van der Waals surface area contributed by atoms with Crippen molar-refractivity contribution < 1.29 is 0 Å². The van der Waals surface area contributed by atoms with Crippen molar-refractivity contribution in [2.45, 2.75) is 39.3 Å². The lowest BCUT2D eigenvalue weighted by atomic mass is 10.2. The van der Waals surface area contributed by atoms with Crippen LogP contribution < -0.4 is 10.9 Å². The van der Waals surface area contributed by atoms with Gasteiger partial charge in [-0.2, -0.15) is 0 Å². The first-order valence-corrected chi connectivity index (χ1v) is 5.48. The number of aromatic nitrogens is 1. The molecule has 1 rings (SSSR count). The Hall–Kier alpha value is -1.09. The highest BCUT2D eigenvalue weighted by Crippen LogP contribution is 1.98. The van der Waals surface area contributed by atoms with Crippen molar-refractivity contribution in [3.63, 3.8) is 0 Å². The molecule has 0 aliphatic carbocycles. The molecule has 0 fully saturated rings. The SMILES string of the molecule is CNC(C)CCCn1ccc(C)cc1=O. The zero-order chi connectivity index (χ0) is 11.3. The molecule has 1 aromatic heterocycles. The summed E-state index contributed by atoms with van der Waals surface area (Å²) >= 11 is 0. The number of nitrogens with zero attached hydrogens (tertiary/aromatic N) is 1. The van der Waals surface area contributed by atoms with E-state index in [-0.39, 0.29) is 5.56 Å². The van der Waals surface area contributed by atoms with Crippen LogP contribution >= 0.6 is 0 Å². The molecule has 0 bridgehead atoms. The summed E-state index contributed by atoms with van der Waals surface area (Å²) in [6.45, 7) is 4.90. The topological polar surface area (TPSA) is 34.0 Å². The minimum Gasteiger partial charge on any atom is -0.317 e. The molecule has 3 heteroatoms. The molecule has 1 heterocycles. The second-order valence-electron chi connectivity index (χ2n) is 4.07. The molecule has 15 heavy (non-hydrogen) atoms. The second-order valence-corrected chi connectivity index (χ2v) is 4.07. The van der Waals surface area contributed by atoms with E-state index in [1.807, 2.05) is 26.2 Å². The van der Waals surface area contributed by atoms with E-state index < -0.39 is 0 Å². The number of hydrogen-bond acceptors (Lipinski definition) is 2. The van der Waals surface area contributed by atoms with Gasteiger partial charge in [-0.3, -0.25) is 4.79 Å². The quantitative estimate of drug-likeness (QED) is 0.796. The van der Waals surface area contributed by atoms with E-state index in [2.05, 4.69) is 12.2 Å². The van der Waals surface area contributed by atoms with E-state index in [0.29, 0.717) is 6.04 Å². The summed E-state index contributed by atoms with van der Waals surface area (Å²) in [4.78, 5) is 11.5. The summed E-state index contributed by atoms with van der Waals surface area (Å²) in [6, 6.07) is 4.18. The van der Waals surface area contributed by atoms with Gasteiger partial charge in [0.1, 0.15) is 0 Å². The van der Waals surface area contributed by atoms with Gasteiger partial charge >= 0.3 is 0 Å². The lowest BCUT2D eigenvalue weighted by Gasteiger charge is -2.10. The smallest absolute Gasteiger partial charge is 0.250 e. The van der Waals surface area contributed by atoms with Crippen LogP contribution in [0.1, 0.15) is 25.3 Å². The first kappa shape index (κ1) is 12.0. The van der Waals surface area contributed by atoms with Crippen molar-refractivity contribution in [3.05, 3.63) is 34.2 Å². The Bertz CT molecular complexity index is 357. The maximum Gasteiger partial charge on any atom is 0.250 e. The van der Waals surface area contributed by atoms with Crippen LogP contribution in [0.15, 0.2) is 23.1 Å². The molecule has 0 aromatic carbocycles. The summed E-state index contributed by atoms with van der Waals surface area (Å²) in [7, 11) is 1.96. The van der Waals surface area contributed by atoms with Crippen LogP contribution in [0.5, 0.6) is 0 Å². The molecule has 0 amide bonds. The van der Waals surface area contributed by atoms with Crippen LogP contribution in [-0.2, 0) is 6.54 Å². The number of pyridine rings is 1. The van der Waals surface area contributed by atoms with E-state index in [1.54, 1.807) is 10.6 Å². The molecule has 3 nitrogen and oxygen atoms in total. The van der Waals surface area contributed by atoms with Gasteiger partial charge in [-0.15, -0.1) is 0 Å². The maximum absolute atomic E-state index is 11.5. The van der Waals surface area contributed by atoms with Crippen LogP contribution in [0.4, 0.5) is 0 Å². The predicted molar refractivity (Wildman–Crippen MR) is 63.2 cm³/mol. The van der Waals surface area contributed by atoms with Crippen molar-refractivity contribution >= 4 is 0 Å². The number of hydrogen-bond donors (Lipinski definition) is 1. The minimum absolute atomic E-state index is 0.104. The molecule has 0 radical (unpaired) electrons. The fourth-order valence-corrected chi connectivity index (χ4v) is 1.50. The van der Waals surface area contributed by atoms with Crippen LogP contribution in [0.25, 0.3) is 0 Å². The van der Waals surface area contributed by atoms with Gasteiger partial charge in [0.15, 0.2) is 0 Å². The Balaban J connectivity index is 2.48. The van der Waals surface area contributed by atoms with Gasteiger partial charge in [0, 0.05) is 24.8 Å². The fraction of sp³-hybridized carbons (Fsp3) is 0.583. The Morgan fingerprint density at radius 3 is 2.87 bits per heavy atom. The fourth-order valence-electron chi connectivity index (χ4n) is 1.50. The van der Waals surface area contributed by atoms with Gasteiger partial charge in [-0.05, 0) is 45.4 Å². The monoisotopic (exact) mass is 208 g/mol. The zero-order valence-electron chi connectivity index (χ0n) is 9.79. The normalized spacial score (nSPS) is 12.7. The number of nitrogens with one attached hydrogen (secondary N) is 1. The summed E-state index contributed by atoms with van der Waals surface area (Å²) in [5.41, 5.74) is 1.13. The Labute approximate surface area is 91.1 Å². The first-order chi connectivity index (χ1) is 7.13. The Morgan fingerprint density at radius 1 is 1.53 bits per heavy atom. The molecule has 1 aromatic rings. The first-order valence-electron chi connectivity index (χ1n) is 5.48. The summed E-state index contributed by atoms with van der Waals surface area (Å²) in [5.74, 6) is 0. The molecule has 1 N–H and O–H groups in total. The molecule has 0 saturated carbocycles. The zero-order valence-corrected chi connectivity index (χ0v) is 9.79. The second kappa shape index (κ2) is 5.71. The maximum atomic E-state index is 11.5. The number of rotatable bonds is 5. The van der Waals surface area contributed by atoms with Gasteiger partial charge in [0.05, 0.1) is 0 Å². The van der Waals surface area contributed by atoms with Gasteiger partial charge in [0.25, 0.3) is 5.56 Å². The Morgan fingerprint density at radius 2 is 2.27 bits per heavy atom. The summed E-state index contributed by atoms with van der Waals surface area (Å²) < 4.78 is 1.77. The van der Waals surface area contributed by atoms with E-state index in [0.717, 1.165) is 24.9 Å². The van der Waals surface area contributed by atoms with Crippen molar-refractivity contribution in [1.82, 2.24) is 9.88 Å². The largest absolute Gasteiger partial charge is 0.317 e. The molecule has 0 saturated heterocycles. The van der Waals surface area contributed by atoms with Crippen LogP contribution in [0.2, 0.25) is 0 Å². The molecule has 0 aliphatic rings. The lowest BCUT2D eigenvalue weighted by Crippen LogP contribution is -2.23. The van der Waals surface area contributed by atoms with Crippen molar-refractivity contribution in [2.24, 2.45) is 0 Å². The molecule has 0 aliphatic heterocycles. The third-order valence-corrected chi connectivity index (χ3v) is 2.68. The van der Waals surface area contributed by atoms with Crippen molar-refractivity contribution in [3.8, 4) is 0 Å². The summed E-state index contributed by atoms with van der Waals surface area (Å²) in [5, 5.41) is 3.19. The molecular formula is C12H20N2O. The van der Waals surface area contributed by atoms with Gasteiger partial charge in [-0.1, -0.05) is 0 Å². The van der Waals surface area contributed by atoms with Gasteiger partial charge in [0.2, 0.25) is 0 Å². The third kappa shape index (κ3) is 3.88. The predicted octanol–water partition coefficient (Wildman–Crippen LogP) is 1.54. The average molecular weight is 208 g/mol.